The Morgan fingerprint density at radius 1 is 0.540 bits per heavy atom. The molecule has 63 heavy (non-hydrogen) atoms. The van der Waals surface area contributed by atoms with Crippen LogP contribution in [0.1, 0.15) is 245 Å². The van der Waals surface area contributed by atoms with Crippen molar-refractivity contribution in [2.75, 3.05) is 13.2 Å². The van der Waals surface area contributed by atoms with Crippen molar-refractivity contribution in [1.82, 2.24) is 5.32 Å². The van der Waals surface area contributed by atoms with Gasteiger partial charge in [-0.25, -0.2) is 0 Å². The summed E-state index contributed by atoms with van der Waals surface area (Å²) < 4.78 is 11.2. The minimum Gasteiger partial charge on any atom is -0.394 e. The number of ether oxygens (including phenoxy) is 2. The van der Waals surface area contributed by atoms with Crippen LogP contribution < -0.4 is 5.32 Å². The molecule has 1 rings (SSSR count). The number of hydrogen-bond donors (Lipinski definition) is 7. The summed E-state index contributed by atoms with van der Waals surface area (Å²) in [5.74, 6) is -0.587. The van der Waals surface area contributed by atoms with Crippen molar-refractivity contribution in [3.63, 3.8) is 0 Å². The number of carbonyl (C=O) groups is 1. The van der Waals surface area contributed by atoms with Crippen LogP contribution in [0, 0.1) is 0 Å². The van der Waals surface area contributed by atoms with Crippen molar-refractivity contribution in [3.05, 3.63) is 24.3 Å². The zero-order valence-electron chi connectivity index (χ0n) is 40.7. The molecule has 1 aliphatic heterocycles. The Bertz CT molecular complexity index is 1060. The van der Waals surface area contributed by atoms with Crippen molar-refractivity contribution < 1.29 is 44.9 Å². The van der Waals surface area contributed by atoms with Crippen molar-refractivity contribution in [1.29, 1.82) is 0 Å². The summed E-state index contributed by atoms with van der Waals surface area (Å²) in [6, 6.07) is -0.895. The Balaban J connectivity index is 2.28. The van der Waals surface area contributed by atoms with Gasteiger partial charge < -0.3 is 45.4 Å². The highest BCUT2D eigenvalue weighted by atomic mass is 16.7. The van der Waals surface area contributed by atoms with Gasteiger partial charge in [-0.1, -0.05) is 224 Å². The first-order valence-corrected chi connectivity index (χ1v) is 26.6. The molecular formula is C53H101NO9. The molecule has 0 aromatic carbocycles. The molecule has 10 heteroatoms. The van der Waals surface area contributed by atoms with Gasteiger partial charge in [0.15, 0.2) is 6.29 Å². The van der Waals surface area contributed by atoms with E-state index in [-0.39, 0.29) is 6.61 Å². The number of unbranched alkanes of at least 4 members (excludes halogenated alkanes) is 30. The minimum absolute atomic E-state index is 0.256. The first-order valence-electron chi connectivity index (χ1n) is 26.6. The van der Waals surface area contributed by atoms with Gasteiger partial charge in [0.25, 0.3) is 0 Å². The van der Waals surface area contributed by atoms with Gasteiger partial charge in [-0.2, -0.15) is 0 Å². The van der Waals surface area contributed by atoms with E-state index in [1.807, 2.05) is 0 Å². The van der Waals surface area contributed by atoms with E-state index in [0.717, 1.165) is 64.2 Å². The maximum Gasteiger partial charge on any atom is 0.249 e. The molecule has 1 amide bonds. The number of amides is 1. The number of nitrogens with one attached hydrogen (secondary N) is 1. The summed E-state index contributed by atoms with van der Waals surface area (Å²) in [7, 11) is 0. The van der Waals surface area contributed by atoms with E-state index in [4.69, 9.17) is 9.47 Å². The molecule has 7 N–H and O–H groups in total. The molecule has 1 fully saturated rings. The smallest absolute Gasteiger partial charge is 0.249 e. The number of allylic oxidation sites excluding steroid dienone is 4. The van der Waals surface area contributed by atoms with Crippen LogP contribution >= 0.6 is 0 Å². The molecule has 0 spiro atoms. The fourth-order valence-corrected chi connectivity index (χ4v) is 8.55. The molecule has 0 bridgehead atoms. The summed E-state index contributed by atoms with van der Waals surface area (Å²) in [5, 5.41) is 65.0. The van der Waals surface area contributed by atoms with Gasteiger partial charge in [0.05, 0.1) is 25.4 Å². The largest absolute Gasteiger partial charge is 0.394 e. The van der Waals surface area contributed by atoms with Crippen LogP contribution in [0.4, 0.5) is 0 Å². The van der Waals surface area contributed by atoms with Crippen LogP contribution in [0.2, 0.25) is 0 Å². The Labute approximate surface area is 386 Å². The van der Waals surface area contributed by atoms with Gasteiger partial charge in [-0.3, -0.25) is 4.79 Å². The van der Waals surface area contributed by atoms with Crippen LogP contribution in [0.3, 0.4) is 0 Å². The quantitative estimate of drug-likeness (QED) is 0.0232. The maximum absolute atomic E-state index is 13.1. The first-order chi connectivity index (χ1) is 30.8. The monoisotopic (exact) mass is 896 g/mol. The number of hydrogen-bond acceptors (Lipinski definition) is 9. The standard InChI is InChI=1S/C53H101NO9/c1-3-5-7-9-11-13-15-17-19-20-21-22-23-24-25-26-27-28-30-32-34-36-38-40-42-47(57)52(61)54-45(44-62-53-51(60)50(59)49(58)48(43-55)63-53)46(56)41-39-37-35-33-31-29-18-16-14-12-10-8-6-4-2/h21-22,24-25,45-51,53,55-60H,3-20,23,26-44H2,1-2H3,(H,54,61)/b22-21-,25-24-. The van der Waals surface area contributed by atoms with E-state index < -0.39 is 61.5 Å². The Kier molecular flexibility index (Phi) is 40.9. The van der Waals surface area contributed by atoms with E-state index in [2.05, 4.69) is 43.5 Å². The van der Waals surface area contributed by atoms with Crippen molar-refractivity contribution in [2.24, 2.45) is 0 Å². The average molecular weight is 896 g/mol. The molecule has 8 atom stereocenters. The highest BCUT2D eigenvalue weighted by molar-refractivity contribution is 5.80. The predicted octanol–water partition coefficient (Wildman–Crippen LogP) is 11.2. The van der Waals surface area contributed by atoms with E-state index >= 15 is 0 Å². The van der Waals surface area contributed by atoms with Gasteiger partial charge in [0, 0.05) is 0 Å². The average Bonchev–Trinajstić information content (AvgIpc) is 3.28. The topological polar surface area (TPSA) is 169 Å². The van der Waals surface area contributed by atoms with E-state index in [1.54, 1.807) is 0 Å². The first kappa shape index (κ1) is 59.6. The lowest BCUT2D eigenvalue weighted by Crippen LogP contribution is -2.60. The molecule has 0 aliphatic carbocycles. The lowest BCUT2D eigenvalue weighted by molar-refractivity contribution is -0.302. The predicted molar refractivity (Wildman–Crippen MR) is 260 cm³/mol. The summed E-state index contributed by atoms with van der Waals surface area (Å²) in [6.07, 6.45) is 42.3. The third-order valence-electron chi connectivity index (χ3n) is 12.9. The van der Waals surface area contributed by atoms with Crippen LogP contribution in [0.25, 0.3) is 0 Å². The Hall–Kier alpha value is -1.37. The lowest BCUT2D eigenvalue weighted by Gasteiger charge is -2.40. The number of aliphatic hydroxyl groups excluding tert-OH is 6. The second-order valence-corrected chi connectivity index (χ2v) is 18.8. The molecule has 0 saturated carbocycles. The molecule has 1 heterocycles. The van der Waals surface area contributed by atoms with Crippen LogP contribution in [0.15, 0.2) is 24.3 Å². The second kappa shape index (κ2) is 43.2. The van der Waals surface area contributed by atoms with Crippen LogP contribution in [0.5, 0.6) is 0 Å². The lowest BCUT2D eigenvalue weighted by atomic mass is 9.99. The number of rotatable bonds is 45. The Morgan fingerprint density at radius 2 is 0.937 bits per heavy atom. The minimum atomic E-state index is -1.60. The fourth-order valence-electron chi connectivity index (χ4n) is 8.55. The summed E-state index contributed by atoms with van der Waals surface area (Å²) in [5.41, 5.74) is 0. The zero-order chi connectivity index (χ0) is 46.0. The number of carbonyl (C=O) groups excluding carboxylic acids is 1. The van der Waals surface area contributed by atoms with E-state index in [0.29, 0.717) is 12.8 Å². The molecule has 1 saturated heterocycles. The highest BCUT2D eigenvalue weighted by Crippen LogP contribution is 2.23. The summed E-state index contributed by atoms with van der Waals surface area (Å²) in [6.45, 7) is 3.68. The Morgan fingerprint density at radius 3 is 1.37 bits per heavy atom. The number of aliphatic hydroxyl groups is 6. The second-order valence-electron chi connectivity index (χ2n) is 18.8. The summed E-state index contributed by atoms with van der Waals surface area (Å²) in [4.78, 5) is 13.1. The van der Waals surface area contributed by atoms with Crippen molar-refractivity contribution in [3.8, 4) is 0 Å². The molecule has 8 unspecified atom stereocenters. The molecule has 1 aliphatic rings. The molecule has 0 aromatic heterocycles. The van der Waals surface area contributed by atoms with Crippen LogP contribution in [-0.2, 0) is 14.3 Å². The molecule has 0 aromatic rings. The third kappa shape index (κ3) is 32.9. The molecule has 0 radical (unpaired) electrons. The van der Waals surface area contributed by atoms with Gasteiger partial charge in [0.2, 0.25) is 5.91 Å². The van der Waals surface area contributed by atoms with Crippen molar-refractivity contribution in [2.45, 2.75) is 294 Å². The van der Waals surface area contributed by atoms with Crippen molar-refractivity contribution >= 4 is 5.91 Å². The molecular weight excluding hydrogens is 795 g/mol. The van der Waals surface area contributed by atoms with E-state index in [9.17, 15) is 35.4 Å². The zero-order valence-corrected chi connectivity index (χ0v) is 40.7. The van der Waals surface area contributed by atoms with Gasteiger partial charge in [0.1, 0.15) is 30.5 Å². The fraction of sp³-hybridized carbons (Fsp3) is 0.906. The highest BCUT2D eigenvalue weighted by Gasteiger charge is 2.44. The third-order valence-corrected chi connectivity index (χ3v) is 12.9. The van der Waals surface area contributed by atoms with E-state index in [1.165, 1.54) is 154 Å². The van der Waals surface area contributed by atoms with Gasteiger partial charge in [-0.05, 0) is 44.9 Å². The molecule has 372 valence electrons. The van der Waals surface area contributed by atoms with Crippen LogP contribution in [-0.4, -0.2) is 98.7 Å². The maximum atomic E-state index is 13.1. The van der Waals surface area contributed by atoms with Gasteiger partial charge in [-0.15, -0.1) is 0 Å². The molecule has 10 nitrogen and oxygen atoms in total. The van der Waals surface area contributed by atoms with Gasteiger partial charge >= 0.3 is 0 Å². The summed E-state index contributed by atoms with van der Waals surface area (Å²) >= 11 is 0. The SMILES string of the molecule is CCCCCCCCCCC/C=C\C/C=C\CCCCCCCCCCC(O)C(=O)NC(COC1OC(CO)C(O)C(O)C1O)C(O)CCCCCCCCCCCCCCCC. The normalized spacial score (nSPS) is 20.8.